The number of carbonyl (C=O) groups is 2. The fourth-order valence-electron chi connectivity index (χ4n) is 2.49. The molecule has 0 aliphatic heterocycles. The summed E-state index contributed by atoms with van der Waals surface area (Å²) in [4.78, 5) is 24.1. The van der Waals surface area contributed by atoms with Gasteiger partial charge in [-0.2, -0.15) is 13.2 Å². The van der Waals surface area contributed by atoms with Gasteiger partial charge in [-0.05, 0) is 41.8 Å². The van der Waals surface area contributed by atoms with Gasteiger partial charge in [-0.1, -0.05) is 24.3 Å². The lowest BCUT2D eigenvalue weighted by Gasteiger charge is -2.22. The van der Waals surface area contributed by atoms with Crippen LogP contribution in [0.15, 0.2) is 48.5 Å². The minimum Gasteiger partial charge on any atom is -0.478 e. The van der Waals surface area contributed by atoms with E-state index in [1.807, 2.05) is 0 Å². The Hall–Kier alpha value is -2.83. The van der Waals surface area contributed by atoms with Crippen LogP contribution in [0.25, 0.3) is 0 Å². The zero-order chi connectivity index (χ0) is 19.3. The second kappa shape index (κ2) is 8.03. The number of carboxylic acids is 1. The maximum absolute atomic E-state index is 12.8. The molecule has 0 aromatic heterocycles. The summed E-state index contributed by atoms with van der Waals surface area (Å²) in [5, 5.41) is 8.88. The maximum Gasteiger partial charge on any atom is 0.416 e. The number of carboxylic acid groups (broad SMARTS) is 1. The molecular formula is C19H18F3NO3. The Morgan fingerprint density at radius 1 is 1.04 bits per heavy atom. The van der Waals surface area contributed by atoms with Crippen LogP contribution in [0.2, 0.25) is 0 Å². The number of benzene rings is 2. The summed E-state index contributed by atoms with van der Waals surface area (Å²) < 4.78 is 38.4. The van der Waals surface area contributed by atoms with Crippen molar-refractivity contribution in [1.29, 1.82) is 0 Å². The number of hydrogen-bond donors (Lipinski definition) is 1. The summed E-state index contributed by atoms with van der Waals surface area (Å²) in [7, 11) is 0. The quantitative estimate of drug-likeness (QED) is 0.842. The molecule has 2 rings (SSSR count). The molecule has 2 aromatic rings. The number of amides is 1. The highest BCUT2D eigenvalue weighted by Crippen LogP contribution is 2.29. The van der Waals surface area contributed by atoms with E-state index in [9.17, 15) is 22.8 Å². The molecule has 0 fully saturated rings. The number of halogens is 3. The van der Waals surface area contributed by atoms with Crippen molar-refractivity contribution in [2.45, 2.75) is 26.1 Å². The van der Waals surface area contributed by atoms with Gasteiger partial charge in [0, 0.05) is 20.0 Å². The molecule has 1 N–H and O–H groups in total. The highest BCUT2D eigenvalue weighted by Gasteiger charge is 2.30. The van der Waals surface area contributed by atoms with Gasteiger partial charge in [-0.15, -0.1) is 0 Å². The van der Waals surface area contributed by atoms with E-state index < -0.39 is 17.7 Å². The third kappa shape index (κ3) is 5.34. The Bertz CT molecular complexity index is 785. The van der Waals surface area contributed by atoms with Gasteiger partial charge in [0.2, 0.25) is 5.91 Å². The predicted octanol–water partition coefficient (Wildman–Crippen LogP) is 3.99. The highest BCUT2D eigenvalue weighted by molar-refractivity contribution is 5.87. The van der Waals surface area contributed by atoms with Gasteiger partial charge in [0.1, 0.15) is 0 Å². The summed E-state index contributed by atoms with van der Waals surface area (Å²) in [5.74, 6) is -1.27. The van der Waals surface area contributed by atoms with Crippen LogP contribution in [0.3, 0.4) is 0 Å². The first-order valence-corrected chi connectivity index (χ1v) is 7.90. The number of carbonyl (C=O) groups excluding carboxylic acids is 1. The van der Waals surface area contributed by atoms with Crippen molar-refractivity contribution in [3.63, 3.8) is 0 Å². The molecule has 0 aliphatic carbocycles. The fourth-order valence-corrected chi connectivity index (χ4v) is 2.49. The molecule has 0 saturated heterocycles. The normalized spacial score (nSPS) is 11.2. The van der Waals surface area contributed by atoms with E-state index in [1.165, 1.54) is 30.0 Å². The van der Waals surface area contributed by atoms with Crippen molar-refractivity contribution >= 4 is 11.9 Å². The minimum absolute atomic E-state index is 0.0759. The van der Waals surface area contributed by atoms with Gasteiger partial charge < -0.3 is 10.0 Å². The Morgan fingerprint density at radius 2 is 1.69 bits per heavy atom. The lowest BCUT2D eigenvalue weighted by molar-refractivity contribution is -0.137. The van der Waals surface area contributed by atoms with Gasteiger partial charge in [-0.25, -0.2) is 4.79 Å². The minimum atomic E-state index is -4.43. The molecule has 0 spiro atoms. The number of aromatic carboxylic acids is 1. The largest absolute Gasteiger partial charge is 0.478 e. The Kier molecular flexibility index (Phi) is 6.02. The van der Waals surface area contributed by atoms with Crippen molar-refractivity contribution in [2.24, 2.45) is 0 Å². The predicted molar refractivity (Wildman–Crippen MR) is 89.6 cm³/mol. The van der Waals surface area contributed by atoms with E-state index in [0.29, 0.717) is 18.5 Å². The molecule has 0 bridgehead atoms. The van der Waals surface area contributed by atoms with Gasteiger partial charge in [-0.3, -0.25) is 4.79 Å². The molecule has 0 atom stereocenters. The van der Waals surface area contributed by atoms with Crippen LogP contribution in [0.5, 0.6) is 0 Å². The molecule has 26 heavy (non-hydrogen) atoms. The lowest BCUT2D eigenvalue weighted by Crippen LogP contribution is -2.30. The van der Waals surface area contributed by atoms with Crippen molar-refractivity contribution in [3.8, 4) is 0 Å². The van der Waals surface area contributed by atoms with E-state index in [0.717, 1.165) is 17.7 Å². The molecule has 0 radical (unpaired) electrons. The fraction of sp³-hybridized carbons (Fsp3) is 0.263. The standard InChI is InChI=1S/C19H18F3NO3/c1-13(24)23(10-9-14-5-7-16(8-6-14)18(25)26)12-15-3-2-4-17(11-15)19(20,21)22/h2-8,11H,9-10,12H2,1H3,(H,25,26). The van der Waals surface area contributed by atoms with E-state index >= 15 is 0 Å². The first-order valence-electron chi connectivity index (χ1n) is 7.90. The van der Waals surface area contributed by atoms with Crippen molar-refractivity contribution < 1.29 is 27.9 Å². The summed E-state index contributed by atoms with van der Waals surface area (Å²) in [6.07, 6.45) is -3.96. The van der Waals surface area contributed by atoms with Crippen LogP contribution >= 0.6 is 0 Å². The smallest absolute Gasteiger partial charge is 0.416 e. The van der Waals surface area contributed by atoms with Crippen molar-refractivity contribution in [2.75, 3.05) is 6.54 Å². The maximum atomic E-state index is 12.8. The topological polar surface area (TPSA) is 57.6 Å². The van der Waals surface area contributed by atoms with Crippen LogP contribution in [0.1, 0.15) is 34.0 Å². The monoisotopic (exact) mass is 365 g/mol. The van der Waals surface area contributed by atoms with Crippen LogP contribution in [0.4, 0.5) is 13.2 Å². The molecule has 0 heterocycles. The third-order valence-electron chi connectivity index (χ3n) is 3.94. The van der Waals surface area contributed by atoms with Gasteiger partial charge >= 0.3 is 12.1 Å². The van der Waals surface area contributed by atoms with Gasteiger partial charge in [0.05, 0.1) is 11.1 Å². The van der Waals surface area contributed by atoms with Crippen LogP contribution in [-0.2, 0) is 23.9 Å². The van der Waals surface area contributed by atoms with E-state index in [2.05, 4.69) is 0 Å². The molecule has 0 aliphatic rings. The molecule has 2 aromatic carbocycles. The second-order valence-corrected chi connectivity index (χ2v) is 5.89. The summed E-state index contributed by atoms with van der Waals surface area (Å²) >= 11 is 0. The first kappa shape index (κ1) is 19.5. The van der Waals surface area contributed by atoms with Crippen molar-refractivity contribution in [3.05, 3.63) is 70.8 Å². The average Bonchev–Trinajstić information content (AvgIpc) is 2.58. The number of hydrogen-bond acceptors (Lipinski definition) is 2. The summed E-state index contributed by atoms with van der Waals surface area (Å²) in [6, 6.07) is 11.2. The average molecular weight is 365 g/mol. The SMILES string of the molecule is CC(=O)N(CCc1ccc(C(=O)O)cc1)Cc1cccc(C(F)(F)F)c1. The van der Waals surface area contributed by atoms with Gasteiger partial charge in [0.25, 0.3) is 0 Å². The van der Waals surface area contributed by atoms with Crippen LogP contribution < -0.4 is 0 Å². The second-order valence-electron chi connectivity index (χ2n) is 5.89. The first-order chi connectivity index (χ1) is 12.2. The highest BCUT2D eigenvalue weighted by atomic mass is 19.4. The molecule has 0 saturated carbocycles. The number of alkyl halides is 3. The van der Waals surface area contributed by atoms with E-state index in [-0.39, 0.29) is 18.0 Å². The zero-order valence-electron chi connectivity index (χ0n) is 14.1. The van der Waals surface area contributed by atoms with E-state index in [1.54, 1.807) is 18.2 Å². The Morgan fingerprint density at radius 3 is 2.23 bits per heavy atom. The molecule has 7 heteroatoms. The summed E-state index contributed by atoms with van der Waals surface area (Å²) in [6.45, 7) is 1.76. The van der Waals surface area contributed by atoms with Crippen LogP contribution in [0, 0.1) is 0 Å². The lowest BCUT2D eigenvalue weighted by atomic mass is 10.1. The van der Waals surface area contributed by atoms with E-state index in [4.69, 9.17) is 5.11 Å². The number of nitrogens with zero attached hydrogens (tertiary/aromatic N) is 1. The Balaban J connectivity index is 2.05. The molecule has 0 unspecified atom stereocenters. The Labute approximate surface area is 148 Å². The number of rotatable bonds is 6. The molecular weight excluding hydrogens is 347 g/mol. The molecule has 138 valence electrons. The molecule has 4 nitrogen and oxygen atoms in total. The van der Waals surface area contributed by atoms with Crippen LogP contribution in [-0.4, -0.2) is 28.4 Å². The third-order valence-corrected chi connectivity index (χ3v) is 3.94. The zero-order valence-corrected chi connectivity index (χ0v) is 14.1. The van der Waals surface area contributed by atoms with Gasteiger partial charge in [0.15, 0.2) is 0 Å². The summed E-state index contributed by atoms with van der Waals surface area (Å²) in [5.41, 5.74) is 0.658. The van der Waals surface area contributed by atoms with Crippen molar-refractivity contribution in [1.82, 2.24) is 4.90 Å². The molecule has 1 amide bonds.